The highest BCUT2D eigenvalue weighted by molar-refractivity contribution is 5.85. The maximum atomic E-state index is 9.91. The normalized spacial score (nSPS) is 23.9. The quantitative estimate of drug-likeness (QED) is 0.733. The standard InChI is InChI=1S/C14H22N6O2.ClH/c1-8-10(7-16-18-8)13-17-14(20(19-13)3-4-22-2)9-5-11(15)12(21)6-9;/h7,9,11-12,21H,3-6,15H2,1-2H3,(H,16,18);1H/t9-,11-,12-;/m0./s1. The summed E-state index contributed by atoms with van der Waals surface area (Å²) in [5.41, 5.74) is 7.75. The monoisotopic (exact) mass is 342 g/mol. The summed E-state index contributed by atoms with van der Waals surface area (Å²) in [5, 5.41) is 21.4. The van der Waals surface area contributed by atoms with Crippen LogP contribution in [0.2, 0.25) is 0 Å². The molecule has 4 N–H and O–H groups in total. The first kappa shape index (κ1) is 17.9. The number of methoxy groups -OCH3 is 1. The van der Waals surface area contributed by atoms with Gasteiger partial charge in [0.15, 0.2) is 5.82 Å². The molecule has 0 aromatic carbocycles. The third-order valence-electron chi connectivity index (χ3n) is 4.22. The van der Waals surface area contributed by atoms with Crippen molar-refractivity contribution in [2.45, 2.75) is 44.4 Å². The zero-order valence-electron chi connectivity index (χ0n) is 13.3. The van der Waals surface area contributed by atoms with Crippen molar-refractivity contribution in [2.24, 2.45) is 5.73 Å². The number of rotatable bonds is 5. The van der Waals surface area contributed by atoms with Crippen molar-refractivity contribution >= 4 is 12.4 Å². The lowest BCUT2D eigenvalue weighted by Gasteiger charge is -2.10. The van der Waals surface area contributed by atoms with E-state index in [1.54, 1.807) is 13.3 Å². The van der Waals surface area contributed by atoms with Gasteiger partial charge in [-0.05, 0) is 19.8 Å². The number of aryl methyl sites for hydroxylation is 1. The molecule has 0 radical (unpaired) electrons. The van der Waals surface area contributed by atoms with E-state index in [1.165, 1.54) is 0 Å². The summed E-state index contributed by atoms with van der Waals surface area (Å²) in [6.45, 7) is 3.12. The molecular formula is C14H23ClN6O2. The van der Waals surface area contributed by atoms with Crippen LogP contribution in [0.3, 0.4) is 0 Å². The number of H-pyrrole nitrogens is 1. The number of ether oxygens (including phenoxy) is 1. The van der Waals surface area contributed by atoms with Crippen LogP contribution in [0.1, 0.15) is 30.3 Å². The largest absolute Gasteiger partial charge is 0.391 e. The van der Waals surface area contributed by atoms with Gasteiger partial charge in [0.05, 0.1) is 31.0 Å². The second-order valence-electron chi connectivity index (χ2n) is 5.82. The fourth-order valence-electron chi connectivity index (χ4n) is 2.95. The molecule has 1 saturated carbocycles. The van der Waals surface area contributed by atoms with E-state index < -0.39 is 6.10 Å². The Morgan fingerprint density at radius 2 is 2.26 bits per heavy atom. The smallest absolute Gasteiger partial charge is 0.184 e. The molecule has 0 bridgehead atoms. The van der Waals surface area contributed by atoms with Gasteiger partial charge in [-0.15, -0.1) is 12.4 Å². The molecule has 0 amide bonds. The zero-order valence-corrected chi connectivity index (χ0v) is 14.1. The van der Waals surface area contributed by atoms with Gasteiger partial charge in [-0.2, -0.15) is 10.2 Å². The fraction of sp³-hybridized carbons (Fsp3) is 0.643. The maximum absolute atomic E-state index is 9.91. The predicted molar refractivity (Wildman–Crippen MR) is 87.4 cm³/mol. The second-order valence-corrected chi connectivity index (χ2v) is 5.82. The minimum atomic E-state index is -0.475. The van der Waals surface area contributed by atoms with Gasteiger partial charge >= 0.3 is 0 Å². The van der Waals surface area contributed by atoms with E-state index in [0.29, 0.717) is 25.4 Å². The first-order valence-corrected chi connectivity index (χ1v) is 7.47. The van der Waals surface area contributed by atoms with Crippen molar-refractivity contribution in [3.8, 4) is 11.4 Å². The molecule has 8 nitrogen and oxygen atoms in total. The van der Waals surface area contributed by atoms with E-state index in [9.17, 15) is 5.11 Å². The van der Waals surface area contributed by atoms with Crippen LogP contribution in [0.5, 0.6) is 0 Å². The van der Waals surface area contributed by atoms with Crippen molar-refractivity contribution in [3.63, 3.8) is 0 Å². The van der Waals surface area contributed by atoms with Crippen molar-refractivity contribution in [3.05, 3.63) is 17.7 Å². The number of aromatic amines is 1. The summed E-state index contributed by atoms with van der Waals surface area (Å²) in [7, 11) is 1.66. The molecule has 0 unspecified atom stereocenters. The number of nitrogens with one attached hydrogen (secondary N) is 1. The third-order valence-corrected chi connectivity index (χ3v) is 4.22. The Balaban J connectivity index is 0.00000192. The molecule has 23 heavy (non-hydrogen) atoms. The predicted octanol–water partition coefficient (Wildman–Crippen LogP) is 0.610. The molecule has 1 aliphatic rings. The minimum Gasteiger partial charge on any atom is -0.391 e. The van der Waals surface area contributed by atoms with Gasteiger partial charge in [0, 0.05) is 24.8 Å². The van der Waals surface area contributed by atoms with Gasteiger partial charge in [0.2, 0.25) is 0 Å². The van der Waals surface area contributed by atoms with Gasteiger partial charge in [-0.25, -0.2) is 9.67 Å². The highest BCUT2D eigenvalue weighted by Crippen LogP contribution is 2.34. The molecular weight excluding hydrogens is 320 g/mol. The zero-order chi connectivity index (χ0) is 15.7. The van der Waals surface area contributed by atoms with Crippen LogP contribution in [-0.2, 0) is 11.3 Å². The van der Waals surface area contributed by atoms with Crippen molar-refractivity contribution in [2.75, 3.05) is 13.7 Å². The van der Waals surface area contributed by atoms with E-state index in [4.69, 9.17) is 10.5 Å². The van der Waals surface area contributed by atoms with Crippen LogP contribution >= 0.6 is 12.4 Å². The third kappa shape index (κ3) is 3.55. The van der Waals surface area contributed by atoms with E-state index in [1.807, 2.05) is 11.6 Å². The van der Waals surface area contributed by atoms with Gasteiger partial charge in [-0.3, -0.25) is 5.10 Å². The lowest BCUT2D eigenvalue weighted by Crippen LogP contribution is -2.28. The molecule has 2 heterocycles. The van der Waals surface area contributed by atoms with Gasteiger partial charge in [0.25, 0.3) is 0 Å². The summed E-state index contributed by atoms with van der Waals surface area (Å²) in [5.74, 6) is 1.63. The lowest BCUT2D eigenvalue weighted by molar-refractivity contribution is 0.163. The second kappa shape index (κ2) is 7.39. The molecule has 128 valence electrons. The number of nitrogens with two attached hydrogens (primary N) is 1. The summed E-state index contributed by atoms with van der Waals surface area (Å²) in [4.78, 5) is 4.69. The molecule has 0 saturated heterocycles. The molecule has 2 aromatic rings. The molecule has 0 spiro atoms. The number of nitrogens with zero attached hydrogens (tertiary/aromatic N) is 4. The fourth-order valence-corrected chi connectivity index (χ4v) is 2.95. The van der Waals surface area contributed by atoms with Gasteiger partial charge in [0.1, 0.15) is 5.82 Å². The number of hydrogen-bond donors (Lipinski definition) is 3. The van der Waals surface area contributed by atoms with Gasteiger partial charge in [-0.1, -0.05) is 0 Å². The Morgan fingerprint density at radius 3 is 2.83 bits per heavy atom. The van der Waals surface area contributed by atoms with Crippen LogP contribution in [0, 0.1) is 6.92 Å². The van der Waals surface area contributed by atoms with Crippen molar-refractivity contribution in [1.29, 1.82) is 0 Å². The molecule has 9 heteroatoms. The molecule has 1 aliphatic carbocycles. The molecule has 3 rings (SSSR count). The van der Waals surface area contributed by atoms with Gasteiger partial charge < -0.3 is 15.6 Å². The summed E-state index contributed by atoms with van der Waals surface area (Å²) in [6.07, 6.45) is 2.59. The average molecular weight is 343 g/mol. The van der Waals surface area contributed by atoms with Crippen molar-refractivity contribution < 1.29 is 9.84 Å². The Hall–Kier alpha value is -1.48. The Bertz CT molecular complexity index is 633. The average Bonchev–Trinajstić information content (AvgIpc) is 3.17. The maximum Gasteiger partial charge on any atom is 0.184 e. The number of aliphatic hydroxyl groups excluding tert-OH is 1. The minimum absolute atomic E-state index is 0. The van der Waals surface area contributed by atoms with E-state index in [0.717, 1.165) is 23.5 Å². The van der Waals surface area contributed by atoms with Crippen LogP contribution in [0.15, 0.2) is 6.20 Å². The summed E-state index contributed by atoms with van der Waals surface area (Å²) in [6, 6.07) is -0.198. The van der Waals surface area contributed by atoms with Crippen LogP contribution in [0.4, 0.5) is 0 Å². The van der Waals surface area contributed by atoms with E-state index in [2.05, 4.69) is 20.3 Å². The highest BCUT2D eigenvalue weighted by Gasteiger charge is 2.34. The summed E-state index contributed by atoms with van der Waals surface area (Å²) < 4.78 is 7.01. The Morgan fingerprint density at radius 1 is 1.48 bits per heavy atom. The van der Waals surface area contributed by atoms with Crippen LogP contribution < -0.4 is 5.73 Å². The number of aromatic nitrogens is 5. The SMILES string of the molecule is COCCn1nc(-c2cn[nH]c2C)nc1[C@H]1C[C@H](N)[C@@H](O)C1.Cl. The number of aliphatic hydroxyl groups is 1. The molecule has 2 aromatic heterocycles. The molecule has 1 fully saturated rings. The lowest BCUT2D eigenvalue weighted by atomic mass is 10.1. The first-order chi connectivity index (χ1) is 10.6. The van der Waals surface area contributed by atoms with Crippen molar-refractivity contribution in [1.82, 2.24) is 25.0 Å². The molecule has 3 atom stereocenters. The Labute approximate surface area is 140 Å². The number of halogens is 1. The van der Waals surface area contributed by atoms with Crippen LogP contribution in [0.25, 0.3) is 11.4 Å². The topological polar surface area (TPSA) is 115 Å². The van der Waals surface area contributed by atoms with E-state index >= 15 is 0 Å². The molecule has 0 aliphatic heterocycles. The van der Waals surface area contributed by atoms with Crippen LogP contribution in [-0.4, -0.2) is 55.9 Å². The Kier molecular flexibility index (Phi) is 5.74. The number of hydrogen-bond acceptors (Lipinski definition) is 6. The highest BCUT2D eigenvalue weighted by atomic mass is 35.5. The first-order valence-electron chi connectivity index (χ1n) is 7.47. The summed E-state index contributed by atoms with van der Waals surface area (Å²) >= 11 is 0. The van der Waals surface area contributed by atoms with E-state index in [-0.39, 0.29) is 24.4 Å².